The Hall–Kier alpha value is -3.22. The molecule has 2 amide bonds. The number of hydrogen-bond donors (Lipinski definition) is 1. The molecule has 0 unspecified atom stereocenters. The van der Waals surface area contributed by atoms with Crippen molar-refractivity contribution in [2.75, 3.05) is 17.3 Å². The summed E-state index contributed by atoms with van der Waals surface area (Å²) in [5, 5.41) is 3.73. The number of thioether (sulfide) groups is 1. The van der Waals surface area contributed by atoms with Gasteiger partial charge < -0.3 is 10.1 Å². The highest BCUT2D eigenvalue weighted by Crippen LogP contribution is 2.38. The van der Waals surface area contributed by atoms with Crippen LogP contribution >= 0.6 is 23.4 Å². The molecule has 0 atom stereocenters. The van der Waals surface area contributed by atoms with E-state index in [-0.39, 0.29) is 11.6 Å². The van der Waals surface area contributed by atoms with Crippen LogP contribution in [0.1, 0.15) is 5.56 Å². The first-order valence-corrected chi connectivity index (χ1v) is 10.7. The topological polar surface area (TPSA) is 58.6 Å². The van der Waals surface area contributed by atoms with Gasteiger partial charge in [-0.15, -0.1) is 0 Å². The van der Waals surface area contributed by atoms with Crippen molar-refractivity contribution in [1.82, 2.24) is 0 Å². The van der Waals surface area contributed by atoms with Crippen molar-refractivity contribution in [2.24, 2.45) is 0 Å². The normalized spacial score (nSPS) is 13.7. The number of ether oxygens (including phenoxy) is 1. The summed E-state index contributed by atoms with van der Waals surface area (Å²) >= 11 is 7.21. The average Bonchev–Trinajstić information content (AvgIpc) is 3.00. The third-order valence-electron chi connectivity index (χ3n) is 4.71. The van der Waals surface area contributed by atoms with Gasteiger partial charge in [-0.3, -0.25) is 9.59 Å². The average molecular weight is 451 g/mol. The van der Waals surface area contributed by atoms with Gasteiger partial charge >= 0.3 is 0 Å². The highest BCUT2D eigenvalue weighted by Gasteiger charge is 2.40. The van der Waals surface area contributed by atoms with Gasteiger partial charge in [0, 0.05) is 21.7 Å². The number of imide groups is 1. The lowest BCUT2D eigenvalue weighted by Crippen LogP contribution is -2.32. The molecular weight excluding hydrogens is 432 g/mol. The molecule has 1 N–H and O–H groups in total. The Kier molecular flexibility index (Phi) is 6.02. The number of hydrogen-bond acceptors (Lipinski definition) is 5. The highest BCUT2D eigenvalue weighted by atomic mass is 35.5. The van der Waals surface area contributed by atoms with Gasteiger partial charge in [0.15, 0.2) is 0 Å². The van der Waals surface area contributed by atoms with Gasteiger partial charge in [-0.2, -0.15) is 0 Å². The summed E-state index contributed by atoms with van der Waals surface area (Å²) in [4.78, 5) is 29.0. The fraction of sp³-hybridized carbons (Fsp3) is 0.0833. The second kappa shape index (κ2) is 8.88. The Balaban J connectivity index is 1.74. The molecule has 1 heterocycles. The van der Waals surface area contributed by atoms with Crippen LogP contribution in [0.2, 0.25) is 5.02 Å². The monoisotopic (exact) mass is 450 g/mol. The zero-order chi connectivity index (χ0) is 22.0. The van der Waals surface area contributed by atoms with Gasteiger partial charge in [-0.05, 0) is 55.5 Å². The van der Waals surface area contributed by atoms with E-state index in [0.717, 1.165) is 10.5 Å². The Labute approximate surface area is 189 Å². The molecule has 1 aliphatic heterocycles. The standard InChI is InChI=1S/C24H19ClN2O3S/c1-15-6-10-18(11-7-15)27-23(28)21(26-17-4-3-5-19(14-17)30-2)22(24(27)29)31-20-12-8-16(25)9-13-20/h3-14,26H,1-2H3. The van der Waals surface area contributed by atoms with E-state index in [4.69, 9.17) is 16.3 Å². The molecule has 1 aliphatic rings. The summed E-state index contributed by atoms with van der Waals surface area (Å²) in [7, 11) is 1.57. The van der Waals surface area contributed by atoms with E-state index >= 15 is 0 Å². The maximum atomic E-state index is 13.3. The van der Waals surface area contributed by atoms with Gasteiger partial charge in [0.1, 0.15) is 16.4 Å². The van der Waals surface area contributed by atoms with Crippen LogP contribution in [0.4, 0.5) is 11.4 Å². The van der Waals surface area contributed by atoms with Crippen LogP contribution in [0.25, 0.3) is 0 Å². The number of amides is 2. The number of nitrogens with zero attached hydrogens (tertiary/aromatic N) is 1. The van der Waals surface area contributed by atoms with Crippen LogP contribution in [0, 0.1) is 6.92 Å². The quantitative estimate of drug-likeness (QED) is 0.492. The summed E-state index contributed by atoms with van der Waals surface area (Å²) in [5.41, 5.74) is 2.44. The summed E-state index contributed by atoms with van der Waals surface area (Å²) in [6.45, 7) is 1.95. The van der Waals surface area contributed by atoms with Gasteiger partial charge in [0.2, 0.25) is 0 Å². The number of halogens is 1. The van der Waals surface area contributed by atoms with Crippen LogP contribution in [0.5, 0.6) is 5.75 Å². The number of carbonyl (C=O) groups is 2. The molecule has 31 heavy (non-hydrogen) atoms. The SMILES string of the molecule is COc1cccc(NC2=C(Sc3ccc(Cl)cc3)C(=O)N(c3ccc(C)cc3)C2=O)c1. The Morgan fingerprint density at radius 3 is 2.32 bits per heavy atom. The molecule has 4 rings (SSSR count). The van der Waals surface area contributed by atoms with E-state index in [1.165, 1.54) is 16.7 Å². The second-order valence-electron chi connectivity index (χ2n) is 6.90. The predicted octanol–water partition coefficient (Wildman–Crippen LogP) is 5.65. The second-order valence-corrected chi connectivity index (χ2v) is 8.42. The fourth-order valence-electron chi connectivity index (χ4n) is 3.11. The molecule has 3 aromatic carbocycles. The molecule has 0 fully saturated rings. The summed E-state index contributed by atoms with van der Waals surface area (Å²) in [6.07, 6.45) is 0. The van der Waals surface area contributed by atoms with Crippen LogP contribution in [-0.4, -0.2) is 18.9 Å². The minimum Gasteiger partial charge on any atom is -0.497 e. The van der Waals surface area contributed by atoms with E-state index < -0.39 is 5.91 Å². The molecule has 0 saturated heterocycles. The smallest absolute Gasteiger partial charge is 0.283 e. The van der Waals surface area contributed by atoms with Gasteiger partial charge in [-0.25, -0.2) is 4.90 Å². The zero-order valence-corrected chi connectivity index (χ0v) is 18.5. The summed E-state index contributed by atoms with van der Waals surface area (Å²) in [6, 6.07) is 21.6. The number of methoxy groups -OCH3 is 1. The molecule has 5 nitrogen and oxygen atoms in total. The first-order valence-electron chi connectivity index (χ1n) is 9.50. The number of rotatable bonds is 6. The first kappa shape index (κ1) is 21.0. The summed E-state index contributed by atoms with van der Waals surface area (Å²) in [5.74, 6) is -0.142. The minimum absolute atomic E-state index is 0.221. The number of aryl methyl sites for hydroxylation is 1. The molecule has 7 heteroatoms. The third-order valence-corrected chi connectivity index (χ3v) is 6.05. The lowest BCUT2D eigenvalue weighted by atomic mass is 10.2. The van der Waals surface area contributed by atoms with Crippen molar-refractivity contribution in [3.63, 3.8) is 0 Å². The highest BCUT2D eigenvalue weighted by molar-refractivity contribution is 8.04. The lowest BCUT2D eigenvalue weighted by molar-refractivity contribution is -0.120. The van der Waals surface area contributed by atoms with Crippen LogP contribution in [0.3, 0.4) is 0 Å². The van der Waals surface area contributed by atoms with Crippen molar-refractivity contribution in [1.29, 1.82) is 0 Å². The molecule has 0 aromatic heterocycles. The molecule has 0 saturated carbocycles. The van der Waals surface area contributed by atoms with Gasteiger partial charge in [-0.1, -0.05) is 47.1 Å². The first-order chi connectivity index (χ1) is 15.0. The molecule has 0 spiro atoms. The van der Waals surface area contributed by atoms with Crippen molar-refractivity contribution >= 4 is 46.6 Å². The van der Waals surface area contributed by atoms with Crippen LogP contribution in [-0.2, 0) is 9.59 Å². The molecular formula is C24H19ClN2O3S. The zero-order valence-electron chi connectivity index (χ0n) is 16.9. The number of nitrogens with one attached hydrogen (secondary N) is 1. The Bertz CT molecular complexity index is 1170. The largest absolute Gasteiger partial charge is 0.497 e. The van der Waals surface area contributed by atoms with E-state index in [0.29, 0.717) is 27.1 Å². The molecule has 0 bridgehead atoms. The molecule has 3 aromatic rings. The predicted molar refractivity (Wildman–Crippen MR) is 125 cm³/mol. The maximum Gasteiger partial charge on any atom is 0.283 e. The maximum absolute atomic E-state index is 13.3. The summed E-state index contributed by atoms with van der Waals surface area (Å²) < 4.78 is 5.27. The minimum atomic E-state index is -0.409. The Morgan fingerprint density at radius 1 is 0.935 bits per heavy atom. The van der Waals surface area contributed by atoms with Gasteiger partial charge in [0.05, 0.1) is 12.8 Å². The van der Waals surface area contributed by atoms with Crippen molar-refractivity contribution in [2.45, 2.75) is 11.8 Å². The third kappa shape index (κ3) is 4.45. The molecule has 0 radical (unpaired) electrons. The number of carbonyl (C=O) groups excluding carboxylic acids is 2. The fourth-order valence-corrected chi connectivity index (χ4v) is 4.16. The molecule has 156 valence electrons. The van der Waals surface area contributed by atoms with Crippen molar-refractivity contribution in [3.8, 4) is 5.75 Å². The van der Waals surface area contributed by atoms with E-state index in [1.54, 1.807) is 37.4 Å². The Morgan fingerprint density at radius 2 is 1.65 bits per heavy atom. The van der Waals surface area contributed by atoms with Gasteiger partial charge in [0.25, 0.3) is 11.8 Å². The van der Waals surface area contributed by atoms with Crippen molar-refractivity contribution in [3.05, 3.63) is 94.0 Å². The number of anilines is 2. The van der Waals surface area contributed by atoms with Crippen molar-refractivity contribution < 1.29 is 14.3 Å². The van der Waals surface area contributed by atoms with Crippen LogP contribution < -0.4 is 15.0 Å². The van der Waals surface area contributed by atoms with E-state index in [2.05, 4.69) is 5.32 Å². The molecule has 0 aliphatic carbocycles. The van der Waals surface area contributed by atoms with E-state index in [1.807, 2.05) is 49.4 Å². The van der Waals surface area contributed by atoms with Crippen LogP contribution in [0.15, 0.2) is 88.3 Å². The lowest BCUT2D eigenvalue weighted by Gasteiger charge is -2.15. The number of benzene rings is 3. The van der Waals surface area contributed by atoms with E-state index in [9.17, 15) is 9.59 Å².